The van der Waals surface area contributed by atoms with Crippen molar-refractivity contribution >= 4 is 5.91 Å². The molecule has 0 saturated carbocycles. The third-order valence-electron chi connectivity index (χ3n) is 3.52. The number of nitrogens with zero attached hydrogens (tertiary/aromatic N) is 1. The minimum atomic E-state index is -0.598. The van der Waals surface area contributed by atoms with E-state index >= 15 is 0 Å². The van der Waals surface area contributed by atoms with E-state index in [1.54, 1.807) is 14.0 Å². The van der Waals surface area contributed by atoms with Crippen LogP contribution in [0.3, 0.4) is 0 Å². The van der Waals surface area contributed by atoms with Crippen molar-refractivity contribution in [3.05, 3.63) is 35.4 Å². The van der Waals surface area contributed by atoms with Crippen LogP contribution in [0.4, 0.5) is 8.78 Å². The molecular formula is C15H22F2N2O. The highest BCUT2D eigenvalue weighted by molar-refractivity contribution is 5.81. The molecule has 0 aromatic heterocycles. The van der Waals surface area contributed by atoms with Crippen LogP contribution in [0, 0.1) is 11.6 Å². The fourth-order valence-corrected chi connectivity index (χ4v) is 2.04. The predicted molar refractivity (Wildman–Crippen MR) is 75.0 cm³/mol. The molecule has 0 aliphatic carbocycles. The SMILES string of the molecule is CCCCC(N)C(=O)N(C)C(C)c1cc(F)ccc1F. The van der Waals surface area contributed by atoms with Crippen molar-refractivity contribution < 1.29 is 13.6 Å². The molecule has 2 atom stereocenters. The van der Waals surface area contributed by atoms with Crippen LogP contribution < -0.4 is 5.73 Å². The Kier molecular flexibility index (Phi) is 6.07. The molecule has 5 heteroatoms. The molecule has 0 aliphatic rings. The first kappa shape index (κ1) is 16.6. The number of likely N-dealkylation sites (N-methyl/N-ethyl adjacent to an activating group) is 1. The van der Waals surface area contributed by atoms with Crippen molar-refractivity contribution in [2.45, 2.75) is 45.2 Å². The second kappa shape index (κ2) is 7.33. The Morgan fingerprint density at radius 2 is 2.05 bits per heavy atom. The summed E-state index contributed by atoms with van der Waals surface area (Å²) in [6.07, 6.45) is 2.42. The van der Waals surface area contributed by atoms with Crippen molar-refractivity contribution in [3.8, 4) is 0 Å². The van der Waals surface area contributed by atoms with Gasteiger partial charge in [0.2, 0.25) is 5.91 Å². The third kappa shape index (κ3) is 4.00. The largest absolute Gasteiger partial charge is 0.338 e. The number of carbonyl (C=O) groups excluding carboxylic acids is 1. The van der Waals surface area contributed by atoms with Crippen LogP contribution in [0.2, 0.25) is 0 Å². The molecule has 2 N–H and O–H groups in total. The van der Waals surface area contributed by atoms with Gasteiger partial charge in [0.1, 0.15) is 11.6 Å². The molecule has 0 spiro atoms. The van der Waals surface area contributed by atoms with E-state index in [0.29, 0.717) is 6.42 Å². The van der Waals surface area contributed by atoms with Gasteiger partial charge < -0.3 is 10.6 Å². The van der Waals surface area contributed by atoms with Crippen molar-refractivity contribution in [2.24, 2.45) is 5.73 Å². The van der Waals surface area contributed by atoms with E-state index in [0.717, 1.165) is 31.0 Å². The van der Waals surface area contributed by atoms with Crippen molar-refractivity contribution in [1.29, 1.82) is 0 Å². The molecule has 0 fully saturated rings. The van der Waals surface area contributed by atoms with E-state index in [4.69, 9.17) is 5.73 Å². The first-order chi connectivity index (χ1) is 9.38. The monoisotopic (exact) mass is 284 g/mol. The van der Waals surface area contributed by atoms with E-state index in [1.165, 1.54) is 4.90 Å². The van der Waals surface area contributed by atoms with Crippen molar-refractivity contribution in [3.63, 3.8) is 0 Å². The molecule has 3 nitrogen and oxygen atoms in total. The summed E-state index contributed by atoms with van der Waals surface area (Å²) in [6, 6.07) is 2.07. The van der Waals surface area contributed by atoms with Crippen molar-refractivity contribution in [1.82, 2.24) is 4.90 Å². The Balaban J connectivity index is 2.82. The standard InChI is InChI=1S/C15H22F2N2O/c1-4-5-6-14(18)15(20)19(3)10(2)12-9-11(16)7-8-13(12)17/h7-10,14H,4-6,18H2,1-3H3. The van der Waals surface area contributed by atoms with Gasteiger partial charge in [-0.15, -0.1) is 0 Å². The summed E-state index contributed by atoms with van der Waals surface area (Å²) in [5.41, 5.74) is 5.99. The molecule has 20 heavy (non-hydrogen) atoms. The first-order valence-corrected chi connectivity index (χ1v) is 6.85. The van der Waals surface area contributed by atoms with E-state index in [2.05, 4.69) is 0 Å². The number of unbranched alkanes of at least 4 members (excludes halogenated alkanes) is 1. The van der Waals surface area contributed by atoms with Crippen LogP contribution in [0.5, 0.6) is 0 Å². The summed E-state index contributed by atoms with van der Waals surface area (Å²) in [7, 11) is 1.56. The third-order valence-corrected chi connectivity index (χ3v) is 3.52. The number of hydrogen-bond donors (Lipinski definition) is 1. The Morgan fingerprint density at radius 1 is 1.40 bits per heavy atom. The molecule has 1 rings (SSSR count). The lowest BCUT2D eigenvalue weighted by Gasteiger charge is -2.28. The van der Waals surface area contributed by atoms with E-state index in [1.807, 2.05) is 6.92 Å². The van der Waals surface area contributed by atoms with Crippen LogP contribution >= 0.6 is 0 Å². The second-order valence-corrected chi connectivity index (χ2v) is 5.04. The maximum Gasteiger partial charge on any atom is 0.239 e. The van der Waals surface area contributed by atoms with E-state index in [9.17, 15) is 13.6 Å². The summed E-state index contributed by atoms with van der Waals surface area (Å²) in [4.78, 5) is 13.5. The van der Waals surface area contributed by atoms with Crippen LogP contribution in [0.15, 0.2) is 18.2 Å². The number of carbonyl (C=O) groups is 1. The van der Waals surface area contributed by atoms with Gasteiger partial charge in [-0.1, -0.05) is 19.8 Å². The van der Waals surface area contributed by atoms with Gasteiger partial charge in [0, 0.05) is 12.6 Å². The lowest BCUT2D eigenvalue weighted by atomic mass is 10.0. The minimum Gasteiger partial charge on any atom is -0.338 e. The molecule has 1 aromatic carbocycles. The first-order valence-electron chi connectivity index (χ1n) is 6.85. The number of halogens is 2. The molecule has 2 unspecified atom stereocenters. The maximum absolute atomic E-state index is 13.7. The number of hydrogen-bond acceptors (Lipinski definition) is 2. The Morgan fingerprint density at radius 3 is 2.65 bits per heavy atom. The summed E-state index contributed by atoms with van der Waals surface area (Å²) in [5, 5.41) is 0. The average molecular weight is 284 g/mol. The van der Waals surface area contributed by atoms with Crippen LogP contribution in [-0.4, -0.2) is 23.9 Å². The summed E-state index contributed by atoms with van der Waals surface area (Å²) in [6.45, 7) is 3.67. The van der Waals surface area contributed by atoms with Gasteiger partial charge >= 0.3 is 0 Å². The van der Waals surface area contributed by atoms with Gasteiger partial charge in [0.25, 0.3) is 0 Å². The molecule has 0 aliphatic heterocycles. The smallest absolute Gasteiger partial charge is 0.239 e. The highest BCUT2D eigenvalue weighted by Crippen LogP contribution is 2.23. The second-order valence-electron chi connectivity index (χ2n) is 5.04. The Bertz CT molecular complexity index is 465. The number of rotatable bonds is 6. The van der Waals surface area contributed by atoms with E-state index < -0.39 is 23.7 Å². The summed E-state index contributed by atoms with van der Waals surface area (Å²) >= 11 is 0. The lowest BCUT2D eigenvalue weighted by molar-refractivity contribution is -0.133. The minimum absolute atomic E-state index is 0.156. The van der Waals surface area contributed by atoms with Gasteiger partial charge in [-0.3, -0.25) is 4.79 Å². The highest BCUT2D eigenvalue weighted by atomic mass is 19.1. The molecule has 1 amide bonds. The quantitative estimate of drug-likeness (QED) is 0.873. The van der Waals surface area contributed by atoms with E-state index in [-0.39, 0.29) is 11.5 Å². The number of nitrogens with two attached hydrogens (primary N) is 1. The maximum atomic E-state index is 13.7. The molecule has 0 bridgehead atoms. The molecule has 0 radical (unpaired) electrons. The predicted octanol–water partition coefficient (Wildman–Crippen LogP) is 3.00. The zero-order valence-corrected chi connectivity index (χ0v) is 12.2. The van der Waals surface area contributed by atoms with Gasteiger partial charge in [0.05, 0.1) is 12.1 Å². The van der Waals surface area contributed by atoms with Gasteiger partial charge in [-0.2, -0.15) is 0 Å². The lowest BCUT2D eigenvalue weighted by Crippen LogP contribution is -2.42. The van der Waals surface area contributed by atoms with Crippen molar-refractivity contribution in [2.75, 3.05) is 7.05 Å². The Labute approximate surface area is 118 Å². The zero-order chi connectivity index (χ0) is 15.3. The van der Waals surface area contributed by atoms with Gasteiger partial charge in [-0.05, 0) is 31.5 Å². The fourth-order valence-electron chi connectivity index (χ4n) is 2.04. The summed E-state index contributed by atoms with van der Waals surface area (Å²) in [5.74, 6) is -1.31. The van der Waals surface area contributed by atoms with Crippen LogP contribution in [-0.2, 0) is 4.79 Å². The number of amides is 1. The normalized spacial score (nSPS) is 13.9. The number of benzene rings is 1. The van der Waals surface area contributed by atoms with Crippen LogP contribution in [0.1, 0.15) is 44.7 Å². The van der Waals surface area contributed by atoms with Gasteiger partial charge in [-0.25, -0.2) is 8.78 Å². The highest BCUT2D eigenvalue weighted by Gasteiger charge is 2.24. The van der Waals surface area contributed by atoms with Crippen LogP contribution in [0.25, 0.3) is 0 Å². The molecule has 0 heterocycles. The molecular weight excluding hydrogens is 262 g/mol. The Hall–Kier alpha value is -1.49. The molecule has 1 aromatic rings. The zero-order valence-electron chi connectivity index (χ0n) is 12.2. The fraction of sp³-hybridized carbons (Fsp3) is 0.533. The van der Waals surface area contributed by atoms with Gasteiger partial charge in [0.15, 0.2) is 0 Å². The average Bonchev–Trinajstić information content (AvgIpc) is 2.44. The summed E-state index contributed by atoms with van der Waals surface area (Å²) < 4.78 is 26.9. The molecule has 0 saturated heterocycles. The molecule has 112 valence electrons. The topological polar surface area (TPSA) is 46.3 Å².